The third-order valence-corrected chi connectivity index (χ3v) is 4.39. The van der Waals surface area contributed by atoms with E-state index in [2.05, 4.69) is 36.2 Å². The Morgan fingerprint density at radius 1 is 1.10 bits per heavy atom. The highest BCUT2D eigenvalue weighted by Crippen LogP contribution is 2.22. The molecule has 21 heavy (non-hydrogen) atoms. The molecule has 0 aliphatic heterocycles. The number of benzene rings is 2. The molecule has 4 heteroatoms. The molecule has 0 amide bonds. The average molecular weight is 296 g/mol. The summed E-state index contributed by atoms with van der Waals surface area (Å²) in [7, 11) is 0. The molecule has 2 aromatic carbocycles. The van der Waals surface area contributed by atoms with Crippen molar-refractivity contribution < 1.29 is 0 Å². The molecule has 3 nitrogen and oxygen atoms in total. The van der Waals surface area contributed by atoms with E-state index in [1.807, 2.05) is 6.07 Å². The van der Waals surface area contributed by atoms with Crippen LogP contribution in [-0.2, 0) is 5.75 Å². The number of nitrogens with two attached hydrogens (primary N) is 1. The fraction of sp³-hybridized carbons (Fsp3) is 0.118. The highest BCUT2D eigenvalue weighted by Gasteiger charge is 2.03. The topological polar surface area (TPSA) is 58.9 Å². The van der Waals surface area contributed by atoms with Crippen molar-refractivity contribution >= 4 is 28.4 Å². The van der Waals surface area contributed by atoms with Crippen molar-refractivity contribution in [1.29, 1.82) is 0 Å². The Kier molecular flexibility index (Phi) is 3.71. The zero-order chi connectivity index (χ0) is 14.8. The summed E-state index contributed by atoms with van der Waals surface area (Å²) >= 11 is 1.71. The summed E-state index contributed by atoms with van der Waals surface area (Å²) in [6, 6.07) is 15.4. The van der Waals surface area contributed by atoms with Gasteiger partial charge in [0, 0.05) is 39.0 Å². The first kappa shape index (κ1) is 13.8. The molecule has 0 saturated carbocycles. The van der Waals surface area contributed by atoms with E-state index in [-0.39, 0.29) is 5.43 Å². The lowest BCUT2D eigenvalue weighted by molar-refractivity contribution is 1.21. The Balaban J connectivity index is 1.86. The SMILES string of the molecule is Cc1ccc(SCc2cc(=O)c3cc(N)ccc3[nH]2)cc1. The second-order valence-corrected chi connectivity index (χ2v) is 6.11. The zero-order valence-electron chi connectivity index (χ0n) is 11.7. The van der Waals surface area contributed by atoms with Crippen molar-refractivity contribution in [1.82, 2.24) is 4.98 Å². The van der Waals surface area contributed by atoms with E-state index in [9.17, 15) is 4.79 Å². The second-order valence-electron chi connectivity index (χ2n) is 5.07. The fourth-order valence-corrected chi connectivity index (χ4v) is 3.00. The van der Waals surface area contributed by atoms with E-state index < -0.39 is 0 Å². The Morgan fingerprint density at radius 3 is 2.62 bits per heavy atom. The van der Waals surface area contributed by atoms with E-state index >= 15 is 0 Å². The van der Waals surface area contributed by atoms with E-state index in [1.54, 1.807) is 30.0 Å². The minimum Gasteiger partial charge on any atom is -0.399 e. The number of fused-ring (bicyclic) bond motifs is 1. The van der Waals surface area contributed by atoms with Gasteiger partial charge in [-0.15, -0.1) is 11.8 Å². The summed E-state index contributed by atoms with van der Waals surface area (Å²) < 4.78 is 0. The predicted molar refractivity (Wildman–Crippen MR) is 89.7 cm³/mol. The second kappa shape index (κ2) is 5.66. The lowest BCUT2D eigenvalue weighted by Crippen LogP contribution is -2.05. The Hall–Kier alpha value is -2.20. The maximum Gasteiger partial charge on any atom is 0.189 e. The van der Waals surface area contributed by atoms with Gasteiger partial charge in [0.2, 0.25) is 0 Å². The molecular weight excluding hydrogens is 280 g/mol. The number of H-pyrrole nitrogens is 1. The van der Waals surface area contributed by atoms with Crippen LogP contribution in [0.4, 0.5) is 5.69 Å². The summed E-state index contributed by atoms with van der Waals surface area (Å²) in [6.07, 6.45) is 0. The van der Waals surface area contributed by atoms with Crippen LogP contribution in [-0.4, -0.2) is 4.98 Å². The number of hydrogen-bond acceptors (Lipinski definition) is 3. The van der Waals surface area contributed by atoms with Gasteiger partial charge in [-0.1, -0.05) is 17.7 Å². The van der Waals surface area contributed by atoms with Gasteiger partial charge in [-0.05, 0) is 37.3 Å². The number of thioether (sulfide) groups is 1. The fourth-order valence-electron chi connectivity index (χ4n) is 2.19. The van der Waals surface area contributed by atoms with Crippen LogP contribution in [0.25, 0.3) is 10.9 Å². The van der Waals surface area contributed by atoms with Gasteiger partial charge in [0.05, 0.1) is 0 Å². The average Bonchev–Trinajstić information content (AvgIpc) is 2.47. The van der Waals surface area contributed by atoms with E-state index in [1.165, 1.54) is 10.5 Å². The molecule has 0 aliphatic carbocycles. The summed E-state index contributed by atoms with van der Waals surface area (Å²) in [4.78, 5) is 16.6. The van der Waals surface area contributed by atoms with Crippen LogP contribution in [0.5, 0.6) is 0 Å². The first-order chi connectivity index (χ1) is 10.1. The predicted octanol–water partition coefficient (Wildman–Crippen LogP) is 3.71. The Labute approximate surface area is 127 Å². The molecule has 3 N–H and O–H groups in total. The molecule has 0 aliphatic rings. The first-order valence-electron chi connectivity index (χ1n) is 6.73. The summed E-state index contributed by atoms with van der Waals surface area (Å²) in [5.74, 6) is 0.735. The van der Waals surface area contributed by atoms with Gasteiger partial charge in [-0.25, -0.2) is 0 Å². The minimum atomic E-state index is 0.00977. The van der Waals surface area contributed by atoms with Crippen LogP contribution in [0, 0.1) is 6.92 Å². The van der Waals surface area contributed by atoms with Crippen molar-refractivity contribution in [3.63, 3.8) is 0 Å². The number of anilines is 1. The lowest BCUT2D eigenvalue weighted by Gasteiger charge is -2.05. The first-order valence-corrected chi connectivity index (χ1v) is 7.71. The number of nitrogens with one attached hydrogen (secondary N) is 1. The molecule has 106 valence electrons. The number of pyridine rings is 1. The molecule has 1 aromatic heterocycles. The minimum absolute atomic E-state index is 0.00977. The quantitative estimate of drug-likeness (QED) is 0.572. The van der Waals surface area contributed by atoms with Crippen LogP contribution in [0.3, 0.4) is 0 Å². The number of aromatic nitrogens is 1. The highest BCUT2D eigenvalue weighted by molar-refractivity contribution is 7.98. The molecule has 1 heterocycles. The van der Waals surface area contributed by atoms with Gasteiger partial charge >= 0.3 is 0 Å². The summed E-state index contributed by atoms with van der Waals surface area (Å²) in [5, 5.41) is 0.638. The maximum atomic E-state index is 12.1. The van der Waals surface area contributed by atoms with Crippen LogP contribution < -0.4 is 11.2 Å². The van der Waals surface area contributed by atoms with Crippen LogP contribution in [0.1, 0.15) is 11.3 Å². The van der Waals surface area contributed by atoms with Crippen molar-refractivity contribution in [3.8, 4) is 0 Å². The van der Waals surface area contributed by atoms with Crippen LogP contribution >= 0.6 is 11.8 Å². The van der Waals surface area contributed by atoms with Crippen molar-refractivity contribution in [2.45, 2.75) is 17.6 Å². The standard InChI is InChI=1S/C17H16N2OS/c1-11-2-5-14(6-3-11)21-10-13-9-17(20)15-8-12(18)4-7-16(15)19-13/h2-9H,10,18H2,1H3,(H,19,20). The largest absolute Gasteiger partial charge is 0.399 e. The molecule has 3 rings (SSSR count). The third kappa shape index (κ3) is 3.11. The number of aromatic amines is 1. The molecule has 0 fully saturated rings. The Morgan fingerprint density at radius 2 is 1.86 bits per heavy atom. The van der Waals surface area contributed by atoms with Gasteiger partial charge < -0.3 is 10.7 Å². The van der Waals surface area contributed by atoms with Crippen molar-refractivity contribution in [3.05, 3.63) is 70.0 Å². The number of rotatable bonds is 3. The maximum absolute atomic E-state index is 12.1. The Bertz CT molecular complexity index is 838. The molecule has 0 unspecified atom stereocenters. The molecular formula is C17H16N2OS. The zero-order valence-corrected chi connectivity index (χ0v) is 12.5. The van der Waals surface area contributed by atoms with Crippen LogP contribution in [0.2, 0.25) is 0 Å². The van der Waals surface area contributed by atoms with Crippen molar-refractivity contribution in [2.75, 3.05) is 5.73 Å². The molecule has 0 saturated heterocycles. The van der Waals surface area contributed by atoms with Crippen LogP contribution in [0.15, 0.2) is 58.2 Å². The van der Waals surface area contributed by atoms with Gasteiger partial charge in [0.1, 0.15) is 0 Å². The van der Waals surface area contributed by atoms with Gasteiger partial charge in [0.25, 0.3) is 0 Å². The molecule has 0 radical (unpaired) electrons. The summed E-state index contributed by atoms with van der Waals surface area (Å²) in [6.45, 7) is 2.07. The van der Waals surface area contributed by atoms with Gasteiger partial charge in [0.15, 0.2) is 5.43 Å². The van der Waals surface area contributed by atoms with E-state index in [0.29, 0.717) is 11.1 Å². The van der Waals surface area contributed by atoms with Gasteiger partial charge in [-0.2, -0.15) is 0 Å². The van der Waals surface area contributed by atoms with E-state index in [4.69, 9.17) is 5.73 Å². The molecule has 0 spiro atoms. The summed E-state index contributed by atoms with van der Waals surface area (Å²) in [5.41, 5.74) is 9.33. The smallest absolute Gasteiger partial charge is 0.189 e. The monoisotopic (exact) mass is 296 g/mol. The third-order valence-electron chi connectivity index (χ3n) is 3.32. The van der Waals surface area contributed by atoms with Gasteiger partial charge in [-0.3, -0.25) is 4.79 Å². The molecule has 0 bridgehead atoms. The number of nitrogen functional groups attached to an aromatic ring is 1. The molecule has 0 atom stereocenters. The normalized spacial score (nSPS) is 10.9. The van der Waals surface area contributed by atoms with E-state index in [0.717, 1.165) is 17.0 Å². The van der Waals surface area contributed by atoms with Crippen molar-refractivity contribution in [2.24, 2.45) is 0 Å². The number of aryl methyl sites for hydroxylation is 1. The number of hydrogen-bond donors (Lipinski definition) is 2. The molecule has 3 aromatic rings. The lowest BCUT2D eigenvalue weighted by atomic mass is 10.2. The highest BCUT2D eigenvalue weighted by atomic mass is 32.2.